The van der Waals surface area contributed by atoms with E-state index in [1.807, 2.05) is 12.1 Å². The van der Waals surface area contributed by atoms with Crippen LogP contribution in [0.2, 0.25) is 10.0 Å². The lowest BCUT2D eigenvalue weighted by Gasteiger charge is -2.12. The highest BCUT2D eigenvalue weighted by molar-refractivity contribution is 8.18. The third-order valence-corrected chi connectivity index (χ3v) is 6.14. The lowest BCUT2D eigenvalue weighted by atomic mass is 10.2. The number of benzene rings is 3. The molecule has 3 aromatic carbocycles. The molecule has 0 atom stereocenters. The van der Waals surface area contributed by atoms with Crippen LogP contribution in [0.1, 0.15) is 16.7 Å². The molecule has 162 valence electrons. The molecule has 1 aliphatic rings. The number of amides is 2. The first-order chi connectivity index (χ1) is 15.4. The Morgan fingerprint density at radius 1 is 0.938 bits per heavy atom. The summed E-state index contributed by atoms with van der Waals surface area (Å²) >= 11 is 13.1. The highest BCUT2D eigenvalue weighted by Crippen LogP contribution is 2.34. The second-order valence-electron chi connectivity index (χ2n) is 7.00. The highest BCUT2D eigenvalue weighted by atomic mass is 35.5. The standard InChI is InChI=1S/C24H16Cl2FNO3S/c25-18-6-1-16(2-7-18)14-31-21-10-5-17(11-20(21)26)12-22-23(29)28(24(30)32-22)13-15-3-8-19(27)9-4-15/h1-12H,13-14H2/b22-12-. The molecule has 1 fully saturated rings. The van der Waals surface area contributed by atoms with Crippen LogP contribution in [0, 0.1) is 5.82 Å². The maximum Gasteiger partial charge on any atom is 0.293 e. The molecule has 0 N–H and O–H groups in total. The summed E-state index contributed by atoms with van der Waals surface area (Å²) in [5.74, 6) is -0.271. The summed E-state index contributed by atoms with van der Waals surface area (Å²) in [4.78, 5) is 26.4. The van der Waals surface area contributed by atoms with Crippen LogP contribution in [0.4, 0.5) is 9.18 Å². The van der Waals surface area contributed by atoms with Gasteiger partial charge in [-0.15, -0.1) is 0 Å². The Bertz CT molecular complexity index is 1200. The third kappa shape index (κ3) is 5.33. The molecule has 0 radical (unpaired) electrons. The van der Waals surface area contributed by atoms with E-state index in [0.29, 0.717) is 38.4 Å². The van der Waals surface area contributed by atoms with Crippen molar-refractivity contribution in [3.05, 3.63) is 104 Å². The van der Waals surface area contributed by atoms with Crippen molar-refractivity contribution in [1.29, 1.82) is 0 Å². The van der Waals surface area contributed by atoms with Gasteiger partial charge in [-0.25, -0.2) is 4.39 Å². The zero-order chi connectivity index (χ0) is 22.7. The summed E-state index contributed by atoms with van der Waals surface area (Å²) in [5.41, 5.74) is 2.28. The number of halogens is 3. The molecular formula is C24H16Cl2FNO3S. The van der Waals surface area contributed by atoms with E-state index in [1.54, 1.807) is 48.5 Å². The number of rotatable bonds is 6. The first-order valence-electron chi connectivity index (χ1n) is 9.55. The summed E-state index contributed by atoms with van der Waals surface area (Å²) in [6, 6.07) is 18.1. The molecular weight excluding hydrogens is 472 g/mol. The van der Waals surface area contributed by atoms with Gasteiger partial charge in [0.15, 0.2) is 0 Å². The van der Waals surface area contributed by atoms with Crippen LogP contribution in [0.3, 0.4) is 0 Å². The van der Waals surface area contributed by atoms with Gasteiger partial charge in [0.1, 0.15) is 18.2 Å². The number of imide groups is 1. The van der Waals surface area contributed by atoms with Gasteiger partial charge in [-0.2, -0.15) is 0 Å². The Morgan fingerprint density at radius 2 is 1.62 bits per heavy atom. The number of hydrogen-bond donors (Lipinski definition) is 0. The Balaban J connectivity index is 1.44. The lowest BCUT2D eigenvalue weighted by molar-refractivity contribution is -0.123. The van der Waals surface area contributed by atoms with E-state index in [9.17, 15) is 14.0 Å². The number of carbonyl (C=O) groups is 2. The second-order valence-corrected chi connectivity index (χ2v) is 8.84. The van der Waals surface area contributed by atoms with Crippen LogP contribution >= 0.6 is 35.0 Å². The minimum Gasteiger partial charge on any atom is -0.487 e. The number of thioether (sulfide) groups is 1. The van der Waals surface area contributed by atoms with Crippen molar-refractivity contribution in [2.45, 2.75) is 13.2 Å². The quantitative estimate of drug-likeness (QED) is 0.353. The van der Waals surface area contributed by atoms with Gasteiger partial charge in [0.25, 0.3) is 11.1 Å². The smallest absolute Gasteiger partial charge is 0.293 e. The zero-order valence-electron chi connectivity index (χ0n) is 16.6. The van der Waals surface area contributed by atoms with E-state index in [-0.39, 0.29) is 17.6 Å². The van der Waals surface area contributed by atoms with Crippen molar-refractivity contribution < 1.29 is 18.7 Å². The summed E-state index contributed by atoms with van der Waals surface area (Å²) < 4.78 is 18.8. The van der Waals surface area contributed by atoms with Gasteiger partial charge in [0.2, 0.25) is 0 Å². The van der Waals surface area contributed by atoms with Crippen molar-refractivity contribution in [2.24, 2.45) is 0 Å². The first-order valence-corrected chi connectivity index (χ1v) is 11.1. The fourth-order valence-electron chi connectivity index (χ4n) is 3.03. The summed E-state index contributed by atoms with van der Waals surface area (Å²) in [5, 5.41) is 0.663. The molecule has 2 amide bonds. The van der Waals surface area contributed by atoms with Crippen molar-refractivity contribution in [1.82, 2.24) is 4.90 Å². The molecule has 0 aromatic heterocycles. The van der Waals surface area contributed by atoms with E-state index in [4.69, 9.17) is 27.9 Å². The molecule has 1 heterocycles. The Labute approximate surface area is 198 Å². The molecule has 1 aliphatic heterocycles. The van der Waals surface area contributed by atoms with Crippen molar-refractivity contribution in [3.63, 3.8) is 0 Å². The molecule has 0 bridgehead atoms. The van der Waals surface area contributed by atoms with Gasteiger partial charge in [0.05, 0.1) is 16.5 Å². The van der Waals surface area contributed by atoms with E-state index in [0.717, 1.165) is 22.2 Å². The predicted molar refractivity (Wildman–Crippen MR) is 125 cm³/mol. The van der Waals surface area contributed by atoms with Gasteiger partial charge in [-0.1, -0.05) is 53.5 Å². The molecule has 4 rings (SSSR count). The topological polar surface area (TPSA) is 46.6 Å². The molecule has 8 heteroatoms. The van der Waals surface area contributed by atoms with E-state index < -0.39 is 5.91 Å². The molecule has 32 heavy (non-hydrogen) atoms. The lowest BCUT2D eigenvalue weighted by Crippen LogP contribution is -2.27. The van der Waals surface area contributed by atoms with Gasteiger partial charge < -0.3 is 4.74 Å². The summed E-state index contributed by atoms with van der Waals surface area (Å²) in [6.07, 6.45) is 1.62. The fourth-order valence-corrected chi connectivity index (χ4v) is 4.23. The van der Waals surface area contributed by atoms with Gasteiger partial charge in [-0.05, 0) is 70.9 Å². The zero-order valence-corrected chi connectivity index (χ0v) is 18.9. The summed E-state index contributed by atoms with van der Waals surface area (Å²) in [7, 11) is 0. The normalized spacial score (nSPS) is 15.0. The fraction of sp³-hybridized carbons (Fsp3) is 0.0833. The monoisotopic (exact) mass is 487 g/mol. The van der Waals surface area contributed by atoms with Crippen LogP contribution in [-0.4, -0.2) is 16.0 Å². The number of hydrogen-bond acceptors (Lipinski definition) is 4. The number of carbonyl (C=O) groups excluding carboxylic acids is 2. The Hall–Kier alpha value is -2.80. The molecule has 3 aromatic rings. The van der Waals surface area contributed by atoms with E-state index >= 15 is 0 Å². The van der Waals surface area contributed by atoms with Crippen LogP contribution in [0.15, 0.2) is 71.6 Å². The third-order valence-electron chi connectivity index (χ3n) is 4.69. The van der Waals surface area contributed by atoms with Crippen LogP contribution < -0.4 is 4.74 Å². The maximum atomic E-state index is 13.1. The van der Waals surface area contributed by atoms with Crippen LogP contribution in [0.25, 0.3) is 6.08 Å². The molecule has 0 saturated carbocycles. The minimum absolute atomic E-state index is 0.0838. The second kappa shape index (κ2) is 9.77. The molecule has 0 aliphatic carbocycles. The average Bonchev–Trinajstić information content (AvgIpc) is 3.03. The first kappa shape index (κ1) is 22.4. The molecule has 0 spiro atoms. The van der Waals surface area contributed by atoms with Gasteiger partial charge in [-0.3, -0.25) is 14.5 Å². The number of ether oxygens (including phenoxy) is 1. The van der Waals surface area contributed by atoms with Gasteiger partial charge in [0, 0.05) is 5.02 Å². The minimum atomic E-state index is -0.400. The van der Waals surface area contributed by atoms with Crippen LogP contribution in [-0.2, 0) is 17.9 Å². The SMILES string of the molecule is O=C1S/C(=C\c2ccc(OCc3ccc(Cl)cc3)c(Cl)c2)C(=O)N1Cc1ccc(F)cc1. The van der Waals surface area contributed by atoms with Crippen molar-refractivity contribution in [2.75, 3.05) is 0 Å². The van der Waals surface area contributed by atoms with Crippen LogP contribution in [0.5, 0.6) is 5.75 Å². The van der Waals surface area contributed by atoms with E-state index in [2.05, 4.69) is 0 Å². The van der Waals surface area contributed by atoms with E-state index in [1.165, 1.54) is 12.1 Å². The Kier molecular flexibility index (Phi) is 6.84. The average molecular weight is 488 g/mol. The van der Waals surface area contributed by atoms with Crippen molar-refractivity contribution in [3.8, 4) is 5.75 Å². The van der Waals surface area contributed by atoms with Crippen molar-refractivity contribution >= 4 is 52.2 Å². The van der Waals surface area contributed by atoms with Gasteiger partial charge >= 0.3 is 0 Å². The predicted octanol–water partition coefficient (Wildman–Crippen LogP) is 6.95. The molecule has 1 saturated heterocycles. The summed E-state index contributed by atoms with van der Waals surface area (Å²) in [6.45, 7) is 0.416. The molecule has 4 nitrogen and oxygen atoms in total. The highest BCUT2D eigenvalue weighted by Gasteiger charge is 2.35. The molecule has 0 unspecified atom stereocenters. The number of nitrogens with zero attached hydrogens (tertiary/aromatic N) is 1. The maximum absolute atomic E-state index is 13.1. The largest absolute Gasteiger partial charge is 0.487 e. The Morgan fingerprint density at radius 3 is 2.31 bits per heavy atom.